The molecule has 0 radical (unpaired) electrons. The van der Waals surface area contributed by atoms with E-state index in [0.717, 1.165) is 36.1 Å². The van der Waals surface area contributed by atoms with E-state index in [4.69, 9.17) is 0 Å². The van der Waals surface area contributed by atoms with Crippen LogP contribution in [0.5, 0.6) is 0 Å². The molecule has 1 unspecified atom stereocenters. The van der Waals surface area contributed by atoms with Gasteiger partial charge in [0.05, 0.1) is 6.04 Å². The summed E-state index contributed by atoms with van der Waals surface area (Å²) in [5.74, 6) is 0.670. The van der Waals surface area contributed by atoms with Crippen molar-refractivity contribution in [3.05, 3.63) is 66.1 Å². The van der Waals surface area contributed by atoms with Crippen LogP contribution in [0.15, 0.2) is 49.4 Å². The summed E-state index contributed by atoms with van der Waals surface area (Å²) < 4.78 is 1.59. The Morgan fingerprint density at radius 3 is 3.04 bits per heavy atom. The zero-order valence-electron chi connectivity index (χ0n) is 15.1. The highest BCUT2D eigenvalue weighted by molar-refractivity contribution is 5.75. The minimum Gasteiger partial charge on any atom is -0.334 e. The summed E-state index contributed by atoms with van der Waals surface area (Å²) in [7, 11) is 0. The molecule has 1 atom stereocenters. The van der Waals surface area contributed by atoms with Gasteiger partial charge in [0.15, 0.2) is 5.82 Å². The van der Waals surface area contributed by atoms with Gasteiger partial charge in [0.25, 0.3) is 0 Å². The predicted octanol–water partition coefficient (Wildman–Crippen LogP) is 2.41. The molecule has 3 aromatic heterocycles. The number of nitrogens with one attached hydrogen (secondary N) is 1. The number of aryl methyl sites for hydroxylation is 1. The summed E-state index contributed by atoms with van der Waals surface area (Å²) >= 11 is 0. The molecular formula is C19H21N7O. The van der Waals surface area contributed by atoms with Crippen LogP contribution < -0.4 is 5.32 Å². The van der Waals surface area contributed by atoms with Crippen molar-refractivity contribution in [2.45, 2.75) is 32.4 Å². The van der Waals surface area contributed by atoms with Crippen LogP contribution in [-0.2, 0) is 6.54 Å². The highest BCUT2D eigenvalue weighted by Gasteiger charge is 2.30. The van der Waals surface area contributed by atoms with E-state index in [1.54, 1.807) is 17.2 Å². The highest BCUT2D eigenvalue weighted by atomic mass is 16.2. The van der Waals surface area contributed by atoms with Crippen LogP contribution in [0.25, 0.3) is 5.82 Å². The minimum atomic E-state index is -0.0573. The maximum absolute atomic E-state index is 12.8. The lowest BCUT2D eigenvalue weighted by Crippen LogP contribution is -2.39. The lowest BCUT2D eigenvalue weighted by atomic mass is 10.1. The number of carbonyl (C=O) groups is 1. The van der Waals surface area contributed by atoms with Gasteiger partial charge in [0.1, 0.15) is 12.7 Å². The van der Waals surface area contributed by atoms with Crippen LogP contribution >= 0.6 is 0 Å². The molecule has 1 aliphatic rings. The molecule has 2 amide bonds. The highest BCUT2D eigenvalue weighted by Crippen LogP contribution is 2.31. The molecule has 8 nitrogen and oxygen atoms in total. The molecule has 0 saturated carbocycles. The second-order valence-corrected chi connectivity index (χ2v) is 6.67. The van der Waals surface area contributed by atoms with Gasteiger partial charge in [-0.25, -0.2) is 19.4 Å². The average molecular weight is 363 g/mol. The zero-order chi connectivity index (χ0) is 18.6. The molecule has 138 valence electrons. The van der Waals surface area contributed by atoms with Crippen molar-refractivity contribution >= 4 is 6.03 Å². The van der Waals surface area contributed by atoms with Gasteiger partial charge < -0.3 is 10.2 Å². The standard InChI is InChI=1S/C19H21N7O/c1-14-7-16(11-20-9-14)17-3-2-6-25(17)19(27)23-10-15-4-5-22-18(8-15)26-13-21-12-24-26/h4-5,7-9,11-13,17H,2-3,6,10H2,1H3,(H,23,27). The number of carbonyl (C=O) groups excluding carboxylic acids is 1. The number of urea groups is 1. The Bertz CT molecular complexity index is 925. The molecule has 1 N–H and O–H groups in total. The average Bonchev–Trinajstić information content (AvgIpc) is 3.38. The maximum atomic E-state index is 12.8. The van der Waals surface area contributed by atoms with Crippen LogP contribution in [0.4, 0.5) is 4.79 Å². The monoisotopic (exact) mass is 363 g/mol. The Morgan fingerprint density at radius 2 is 2.22 bits per heavy atom. The number of hydrogen-bond acceptors (Lipinski definition) is 5. The molecule has 0 spiro atoms. The fourth-order valence-corrected chi connectivity index (χ4v) is 3.42. The fourth-order valence-electron chi connectivity index (χ4n) is 3.42. The summed E-state index contributed by atoms with van der Waals surface area (Å²) in [6.45, 7) is 3.20. The molecule has 0 aliphatic carbocycles. The smallest absolute Gasteiger partial charge is 0.318 e. The Morgan fingerprint density at radius 1 is 1.30 bits per heavy atom. The largest absolute Gasteiger partial charge is 0.334 e. The summed E-state index contributed by atoms with van der Waals surface area (Å²) in [4.78, 5) is 27.1. The predicted molar refractivity (Wildman–Crippen MR) is 99.0 cm³/mol. The van der Waals surface area contributed by atoms with E-state index < -0.39 is 0 Å². The number of hydrogen-bond donors (Lipinski definition) is 1. The first kappa shape index (κ1) is 17.1. The first-order chi connectivity index (χ1) is 13.2. The van der Waals surface area contributed by atoms with Gasteiger partial charge in [-0.1, -0.05) is 6.07 Å². The molecule has 0 bridgehead atoms. The van der Waals surface area contributed by atoms with Crippen LogP contribution in [0, 0.1) is 6.92 Å². The third-order valence-electron chi connectivity index (χ3n) is 4.70. The van der Waals surface area contributed by atoms with Crippen molar-refractivity contribution in [2.24, 2.45) is 0 Å². The van der Waals surface area contributed by atoms with Crippen LogP contribution in [0.1, 0.15) is 35.6 Å². The quantitative estimate of drug-likeness (QED) is 0.769. The normalized spacial score (nSPS) is 16.5. The summed E-state index contributed by atoms with van der Waals surface area (Å²) in [6.07, 6.45) is 10.4. The lowest BCUT2D eigenvalue weighted by molar-refractivity contribution is 0.192. The number of pyridine rings is 2. The maximum Gasteiger partial charge on any atom is 0.318 e. The van der Waals surface area contributed by atoms with Gasteiger partial charge in [-0.3, -0.25) is 4.98 Å². The van der Waals surface area contributed by atoms with Crippen LogP contribution in [0.2, 0.25) is 0 Å². The van der Waals surface area contributed by atoms with Crippen molar-refractivity contribution in [3.63, 3.8) is 0 Å². The van der Waals surface area contributed by atoms with Gasteiger partial charge in [0.2, 0.25) is 0 Å². The summed E-state index contributed by atoms with van der Waals surface area (Å²) in [6, 6.07) is 5.91. The Kier molecular flexibility index (Phi) is 4.78. The van der Waals surface area contributed by atoms with Gasteiger partial charge in [-0.05, 0) is 48.6 Å². The first-order valence-electron chi connectivity index (χ1n) is 8.96. The van der Waals surface area contributed by atoms with Gasteiger partial charge in [0, 0.05) is 31.7 Å². The van der Waals surface area contributed by atoms with E-state index in [1.165, 1.54) is 6.33 Å². The second-order valence-electron chi connectivity index (χ2n) is 6.67. The molecule has 4 heterocycles. The molecule has 1 saturated heterocycles. The number of aromatic nitrogens is 5. The van der Waals surface area contributed by atoms with E-state index >= 15 is 0 Å². The third kappa shape index (κ3) is 3.79. The molecule has 3 aromatic rings. The van der Waals surface area contributed by atoms with Gasteiger partial charge in [-0.15, -0.1) is 0 Å². The van der Waals surface area contributed by atoms with Crippen LogP contribution in [-0.4, -0.2) is 42.2 Å². The van der Waals surface area contributed by atoms with Gasteiger partial charge in [-0.2, -0.15) is 5.10 Å². The molecule has 0 aromatic carbocycles. The van der Waals surface area contributed by atoms with E-state index in [0.29, 0.717) is 12.4 Å². The van der Waals surface area contributed by atoms with Crippen molar-refractivity contribution in [3.8, 4) is 5.82 Å². The second kappa shape index (κ2) is 7.53. The molecular weight excluding hydrogens is 342 g/mol. The first-order valence-corrected chi connectivity index (χ1v) is 8.96. The van der Waals surface area contributed by atoms with E-state index in [2.05, 4.69) is 31.4 Å². The molecule has 1 fully saturated rings. The number of rotatable bonds is 4. The van der Waals surface area contributed by atoms with Crippen molar-refractivity contribution in [1.82, 2.24) is 34.9 Å². The Balaban J connectivity index is 1.42. The van der Waals surface area contributed by atoms with Gasteiger partial charge >= 0.3 is 6.03 Å². The Hall–Kier alpha value is -3.29. The molecule has 27 heavy (non-hydrogen) atoms. The lowest BCUT2D eigenvalue weighted by Gasteiger charge is -2.25. The topological polar surface area (TPSA) is 88.8 Å². The molecule has 4 rings (SSSR count). The van der Waals surface area contributed by atoms with Crippen molar-refractivity contribution < 1.29 is 4.79 Å². The zero-order valence-corrected chi connectivity index (χ0v) is 15.1. The minimum absolute atomic E-state index is 0.0573. The number of amides is 2. The van der Waals surface area contributed by atoms with E-state index in [-0.39, 0.29) is 12.1 Å². The number of likely N-dealkylation sites (tertiary alicyclic amines) is 1. The Labute approximate surface area is 157 Å². The summed E-state index contributed by atoms with van der Waals surface area (Å²) in [5, 5.41) is 7.10. The van der Waals surface area contributed by atoms with E-state index in [9.17, 15) is 4.79 Å². The SMILES string of the molecule is Cc1cncc(C2CCCN2C(=O)NCc2ccnc(-n3cncn3)c2)c1. The summed E-state index contributed by atoms with van der Waals surface area (Å²) in [5.41, 5.74) is 3.16. The number of nitrogens with zero attached hydrogens (tertiary/aromatic N) is 6. The fraction of sp³-hybridized carbons (Fsp3) is 0.316. The van der Waals surface area contributed by atoms with Crippen molar-refractivity contribution in [1.29, 1.82) is 0 Å². The molecule has 1 aliphatic heterocycles. The van der Waals surface area contributed by atoms with Crippen molar-refractivity contribution in [2.75, 3.05) is 6.54 Å². The van der Waals surface area contributed by atoms with Crippen LogP contribution in [0.3, 0.4) is 0 Å². The third-order valence-corrected chi connectivity index (χ3v) is 4.70. The molecule has 8 heteroatoms. The van der Waals surface area contributed by atoms with E-state index in [1.807, 2.05) is 36.4 Å².